The van der Waals surface area contributed by atoms with Crippen molar-refractivity contribution in [1.29, 1.82) is 0 Å². The monoisotopic (exact) mass is 261 g/mol. The largest absolute Gasteiger partial charge is 0.299 e. The highest BCUT2D eigenvalue weighted by Crippen LogP contribution is 2.48. The van der Waals surface area contributed by atoms with Gasteiger partial charge in [-0.05, 0) is 54.4 Å². The van der Waals surface area contributed by atoms with E-state index in [1.54, 1.807) is 16.0 Å². The van der Waals surface area contributed by atoms with E-state index in [9.17, 15) is 0 Å². The summed E-state index contributed by atoms with van der Waals surface area (Å²) in [7, 11) is 2.28. The maximum atomic E-state index is 2.56. The number of likely N-dealkylation sites (N-methyl/N-ethyl adjacent to an activating group) is 1. The van der Waals surface area contributed by atoms with Crippen LogP contribution in [0.25, 0.3) is 5.57 Å². The number of allylic oxidation sites excluding steroid dienone is 1. The summed E-state index contributed by atoms with van der Waals surface area (Å²) < 4.78 is 0. The standard InChI is InChI=1S/C16H23NS/c1-16(2,3)13-10-14-11(6-5-8-17(14)4)12-7-9-18-15(12)13/h7,9-11,14H,5-6,8H2,1-4H3/t11-,14+/m1/s1. The zero-order chi connectivity index (χ0) is 12.9. The Bertz CT molecular complexity index is 478. The zero-order valence-corrected chi connectivity index (χ0v) is 12.7. The van der Waals surface area contributed by atoms with Crippen LogP contribution < -0.4 is 0 Å². The van der Waals surface area contributed by atoms with Crippen LogP contribution in [0, 0.1) is 5.41 Å². The van der Waals surface area contributed by atoms with Crippen molar-refractivity contribution in [2.24, 2.45) is 5.41 Å². The minimum atomic E-state index is 0.253. The average Bonchev–Trinajstić information content (AvgIpc) is 2.76. The van der Waals surface area contributed by atoms with Gasteiger partial charge in [0.05, 0.1) is 0 Å². The quantitative estimate of drug-likeness (QED) is 0.670. The molecular weight excluding hydrogens is 238 g/mol. The molecule has 1 aromatic rings. The van der Waals surface area contributed by atoms with E-state index >= 15 is 0 Å². The van der Waals surface area contributed by atoms with Gasteiger partial charge in [0.25, 0.3) is 0 Å². The van der Waals surface area contributed by atoms with Gasteiger partial charge in [0.15, 0.2) is 0 Å². The lowest BCUT2D eigenvalue weighted by Gasteiger charge is -2.42. The van der Waals surface area contributed by atoms with Gasteiger partial charge in [-0.25, -0.2) is 0 Å². The number of fused-ring (bicyclic) bond motifs is 3. The number of piperidine rings is 1. The Balaban J connectivity index is 2.11. The summed E-state index contributed by atoms with van der Waals surface area (Å²) in [6.07, 6.45) is 5.25. The van der Waals surface area contributed by atoms with Crippen molar-refractivity contribution in [2.75, 3.05) is 13.6 Å². The Kier molecular flexibility index (Phi) is 2.91. The van der Waals surface area contributed by atoms with Crippen molar-refractivity contribution in [3.63, 3.8) is 0 Å². The molecule has 1 aromatic heterocycles. The molecule has 1 fully saturated rings. The van der Waals surface area contributed by atoms with Crippen molar-refractivity contribution in [3.05, 3.63) is 28.0 Å². The molecule has 1 aliphatic carbocycles. The van der Waals surface area contributed by atoms with Gasteiger partial charge in [-0.2, -0.15) is 0 Å². The predicted octanol–water partition coefficient (Wildman–Crippen LogP) is 4.37. The molecule has 2 heteroatoms. The van der Waals surface area contributed by atoms with Crippen LogP contribution in [0.2, 0.25) is 0 Å². The highest BCUT2D eigenvalue weighted by Gasteiger charge is 2.37. The smallest absolute Gasteiger partial charge is 0.0350 e. The van der Waals surface area contributed by atoms with Gasteiger partial charge < -0.3 is 0 Å². The molecule has 0 saturated carbocycles. The van der Waals surface area contributed by atoms with Gasteiger partial charge in [-0.15, -0.1) is 11.3 Å². The van der Waals surface area contributed by atoms with E-state index in [2.05, 4.69) is 50.2 Å². The van der Waals surface area contributed by atoms with E-state index in [0.29, 0.717) is 6.04 Å². The van der Waals surface area contributed by atoms with Gasteiger partial charge in [0.1, 0.15) is 0 Å². The Hall–Kier alpha value is -0.600. The van der Waals surface area contributed by atoms with Crippen LogP contribution in [0.3, 0.4) is 0 Å². The first-order chi connectivity index (χ1) is 8.48. The summed E-state index contributed by atoms with van der Waals surface area (Å²) in [5.41, 5.74) is 3.43. The Morgan fingerprint density at radius 1 is 1.33 bits per heavy atom. The Labute approximate surface area is 115 Å². The van der Waals surface area contributed by atoms with Gasteiger partial charge in [-0.1, -0.05) is 26.8 Å². The molecule has 1 nitrogen and oxygen atoms in total. The van der Waals surface area contributed by atoms with Crippen molar-refractivity contribution >= 4 is 16.9 Å². The lowest BCUT2D eigenvalue weighted by Crippen LogP contribution is -2.42. The molecule has 0 amide bonds. The fourth-order valence-corrected chi connectivity index (χ4v) is 4.65. The number of likely N-dealkylation sites (tertiary alicyclic amines) is 1. The van der Waals surface area contributed by atoms with E-state index in [1.165, 1.54) is 19.4 Å². The van der Waals surface area contributed by atoms with Crippen LogP contribution in [0.5, 0.6) is 0 Å². The number of nitrogens with zero attached hydrogens (tertiary/aromatic N) is 1. The van der Waals surface area contributed by atoms with Crippen LogP contribution in [-0.4, -0.2) is 24.5 Å². The second-order valence-corrected chi connectivity index (χ2v) is 7.67. The normalized spacial score (nSPS) is 28.6. The van der Waals surface area contributed by atoms with Crippen LogP contribution in [0.15, 0.2) is 17.5 Å². The first-order valence-corrected chi connectivity index (χ1v) is 7.87. The molecule has 2 atom stereocenters. The lowest BCUT2D eigenvalue weighted by atomic mass is 9.73. The predicted molar refractivity (Wildman–Crippen MR) is 80.1 cm³/mol. The molecule has 98 valence electrons. The minimum Gasteiger partial charge on any atom is -0.299 e. The molecule has 18 heavy (non-hydrogen) atoms. The molecule has 1 saturated heterocycles. The van der Waals surface area contributed by atoms with Gasteiger partial charge in [0, 0.05) is 16.8 Å². The highest BCUT2D eigenvalue weighted by molar-refractivity contribution is 7.11. The molecular formula is C16H23NS. The molecule has 0 aromatic carbocycles. The molecule has 0 spiro atoms. The van der Waals surface area contributed by atoms with Crippen LogP contribution in [0.1, 0.15) is 50.0 Å². The maximum absolute atomic E-state index is 2.56. The summed E-state index contributed by atoms with van der Waals surface area (Å²) in [5.74, 6) is 0.732. The molecule has 0 N–H and O–H groups in total. The second kappa shape index (κ2) is 4.21. The average molecular weight is 261 g/mol. The fraction of sp³-hybridized carbons (Fsp3) is 0.625. The SMILES string of the molecule is CN1CCC[C@@H]2c3ccsc3C(C(C)(C)C)=C[C@@H]21. The molecule has 2 heterocycles. The summed E-state index contributed by atoms with van der Waals surface area (Å²) in [6.45, 7) is 8.26. The van der Waals surface area contributed by atoms with Crippen molar-refractivity contribution in [1.82, 2.24) is 4.90 Å². The lowest BCUT2D eigenvalue weighted by molar-refractivity contribution is 0.193. The Morgan fingerprint density at radius 3 is 2.83 bits per heavy atom. The number of rotatable bonds is 0. The first kappa shape index (κ1) is 12.4. The summed E-state index contributed by atoms with van der Waals surface area (Å²) in [6, 6.07) is 2.99. The van der Waals surface area contributed by atoms with Crippen molar-refractivity contribution < 1.29 is 0 Å². The molecule has 0 unspecified atom stereocenters. The second-order valence-electron chi connectivity index (χ2n) is 6.76. The molecule has 1 aliphatic heterocycles. The number of thiophene rings is 1. The highest BCUT2D eigenvalue weighted by atomic mass is 32.1. The van der Waals surface area contributed by atoms with Gasteiger partial charge in [-0.3, -0.25) is 4.90 Å². The van der Waals surface area contributed by atoms with Crippen LogP contribution >= 0.6 is 11.3 Å². The zero-order valence-electron chi connectivity index (χ0n) is 11.9. The van der Waals surface area contributed by atoms with Gasteiger partial charge in [0.2, 0.25) is 0 Å². The first-order valence-electron chi connectivity index (χ1n) is 6.99. The number of hydrogen-bond donors (Lipinski definition) is 0. The van der Waals surface area contributed by atoms with Crippen molar-refractivity contribution in [3.8, 4) is 0 Å². The summed E-state index contributed by atoms with van der Waals surface area (Å²) in [4.78, 5) is 4.10. The summed E-state index contributed by atoms with van der Waals surface area (Å²) >= 11 is 1.93. The van der Waals surface area contributed by atoms with Gasteiger partial charge >= 0.3 is 0 Å². The maximum Gasteiger partial charge on any atom is 0.0350 e. The fourth-order valence-electron chi connectivity index (χ4n) is 3.44. The third-order valence-electron chi connectivity index (χ3n) is 4.43. The molecule has 0 bridgehead atoms. The van der Waals surface area contributed by atoms with E-state index < -0.39 is 0 Å². The van der Waals surface area contributed by atoms with E-state index in [4.69, 9.17) is 0 Å². The summed E-state index contributed by atoms with van der Waals surface area (Å²) in [5, 5.41) is 2.28. The third kappa shape index (κ3) is 1.86. The van der Waals surface area contributed by atoms with Crippen LogP contribution in [-0.2, 0) is 0 Å². The number of hydrogen-bond acceptors (Lipinski definition) is 2. The van der Waals surface area contributed by atoms with E-state index in [1.807, 2.05) is 11.3 Å². The van der Waals surface area contributed by atoms with Crippen molar-refractivity contribution in [2.45, 2.75) is 45.6 Å². The van der Waals surface area contributed by atoms with E-state index in [-0.39, 0.29) is 5.41 Å². The Morgan fingerprint density at radius 2 is 2.11 bits per heavy atom. The van der Waals surface area contributed by atoms with Crippen LogP contribution in [0.4, 0.5) is 0 Å². The van der Waals surface area contributed by atoms with E-state index in [0.717, 1.165) is 5.92 Å². The third-order valence-corrected chi connectivity index (χ3v) is 5.40. The molecule has 2 aliphatic rings. The topological polar surface area (TPSA) is 3.24 Å². The minimum absolute atomic E-state index is 0.253. The molecule has 0 radical (unpaired) electrons. The molecule has 3 rings (SSSR count).